The monoisotopic (exact) mass is 473 g/mol. The van der Waals surface area contributed by atoms with Crippen molar-refractivity contribution in [1.82, 2.24) is 25.2 Å². The highest BCUT2D eigenvalue weighted by Crippen LogP contribution is 2.22. The zero-order valence-corrected chi connectivity index (χ0v) is 19.7. The van der Waals surface area contributed by atoms with E-state index in [9.17, 15) is 14.4 Å². The number of aryl methyl sites for hydroxylation is 2. The number of carbonyl (C=O) groups excluding carboxylic acids is 3. The van der Waals surface area contributed by atoms with Crippen molar-refractivity contribution in [3.05, 3.63) is 71.2 Å². The molecule has 1 aliphatic rings. The van der Waals surface area contributed by atoms with Gasteiger partial charge in [0.25, 0.3) is 11.8 Å². The highest BCUT2D eigenvalue weighted by Gasteiger charge is 2.34. The summed E-state index contributed by atoms with van der Waals surface area (Å²) in [5.41, 5.74) is 1.93. The third-order valence-electron chi connectivity index (χ3n) is 5.43. The number of pyridine rings is 1. The van der Waals surface area contributed by atoms with Gasteiger partial charge >= 0.3 is 0 Å². The van der Waals surface area contributed by atoms with Gasteiger partial charge in [0, 0.05) is 38.3 Å². The van der Waals surface area contributed by atoms with Crippen molar-refractivity contribution in [2.24, 2.45) is 0 Å². The number of fused-ring (bicyclic) bond motifs is 1. The number of hydrogen-bond donors (Lipinski definition) is 3. The molecular weight excluding hydrogens is 446 g/mol. The Bertz CT molecular complexity index is 1230. The molecule has 10 nitrogen and oxygen atoms in total. The molecule has 0 aliphatic carbocycles. The molecule has 35 heavy (non-hydrogen) atoms. The maximum atomic E-state index is 12.4. The number of amides is 3. The highest BCUT2D eigenvalue weighted by molar-refractivity contribution is 6.21. The molecule has 3 heterocycles. The number of nitrogens with one attached hydrogen (secondary N) is 3. The normalized spacial score (nSPS) is 12.5. The van der Waals surface area contributed by atoms with Gasteiger partial charge in [-0.25, -0.2) is 15.0 Å². The minimum Gasteiger partial charge on any atom is -0.368 e. The summed E-state index contributed by atoms with van der Waals surface area (Å²) in [5, 5.41) is 9.18. The third kappa shape index (κ3) is 5.97. The van der Waals surface area contributed by atoms with Crippen LogP contribution in [0.2, 0.25) is 0 Å². The number of benzene rings is 1. The fourth-order valence-electron chi connectivity index (χ4n) is 3.78. The second-order valence-electron chi connectivity index (χ2n) is 8.22. The van der Waals surface area contributed by atoms with E-state index in [1.54, 1.807) is 43.5 Å². The van der Waals surface area contributed by atoms with Gasteiger partial charge in [0.05, 0.1) is 11.1 Å². The summed E-state index contributed by atoms with van der Waals surface area (Å²) in [6.45, 7) is 4.88. The molecule has 3 amide bonds. The first-order valence-corrected chi connectivity index (χ1v) is 11.4. The number of carbonyl (C=O) groups is 3. The van der Waals surface area contributed by atoms with E-state index >= 15 is 0 Å². The van der Waals surface area contributed by atoms with Gasteiger partial charge < -0.3 is 16.0 Å². The minimum atomic E-state index is -0.303. The molecule has 0 spiro atoms. The van der Waals surface area contributed by atoms with Crippen molar-refractivity contribution in [1.29, 1.82) is 0 Å². The fraction of sp³-hybridized carbons (Fsp3) is 0.280. The topological polar surface area (TPSA) is 129 Å². The van der Waals surface area contributed by atoms with Crippen molar-refractivity contribution in [2.75, 3.05) is 30.3 Å². The lowest BCUT2D eigenvalue weighted by Crippen LogP contribution is -2.33. The van der Waals surface area contributed by atoms with Crippen LogP contribution in [0.15, 0.2) is 48.7 Å². The molecule has 0 fully saturated rings. The van der Waals surface area contributed by atoms with Crippen molar-refractivity contribution in [3.8, 4) is 0 Å². The molecule has 0 saturated heterocycles. The van der Waals surface area contributed by atoms with Crippen LogP contribution in [-0.2, 0) is 4.79 Å². The smallest absolute Gasteiger partial charge is 0.261 e. The van der Waals surface area contributed by atoms with E-state index in [1.807, 2.05) is 19.1 Å². The average molecular weight is 474 g/mol. The third-order valence-corrected chi connectivity index (χ3v) is 5.43. The van der Waals surface area contributed by atoms with Crippen LogP contribution in [0, 0.1) is 13.8 Å². The second kappa shape index (κ2) is 10.7. The summed E-state index contributed by atoms with van der Waals surface area (Å²) in [6, 6.07) is 12.4. The standard InChI is InChI=1S/C25H27N7O3/c1-16-9-10-26-20(14-16)31-22-15-21(29-17(2)30-22)27-11-12-28-23(33)8-5-13-32-24(34)18-6-3-4-7-19(18)25(32)35/h3-4,6-7,9-10,14-15H,5,8,11-13H2,1-2H3,(H,28,33)(H2,26,27,29,30,31). The average Bonchev–Trinajstić information content (AvgIpc) is 3.07. The first kappa shape index (κ1) is 23.8. The number of anilines is 3. The Labute approximate surface area is 203 Å². The Hall–Kier alpha value is -4.34. The van der Waals surface area contributed by atoms with Crippen LogP contribution in [-0.4, -0.2) is 57.2 Å². The predicted octanol–water partition coefficient (Wildman–Crippen LogP) is 2.84. The van der Waals surface area contributed by atoms with Gasteiger partial charge in [0.1, 0.15) is 23.3 Å². The first-order chi connectivity index (χ1) is 16.9. The molecule has 0 atom stereocenters. The van der Waals surface area contributed by atoms with Gasteiger partial charge in [-0.05, 0) is 50.1 Å². The van der Waals surface area contributed by atoms with Crippen LogP contribution in [0.25, 0.3) is 0 Å². The first-order valence-electron chi connectivity index (χ1n) is 11.4. The Morgan fingerprint density at radius 1 is 0.914 bits per heavy atom. The molecule has 0 bridgehead atoms. The lowest BCUT2D eigenvalue weighted by atomic mass is 10.1. The van der Waals surface area contributed by atoms with Crippen molar-refractivity contribution in [3.63, 3.8) is 0 Å². The molecule has 3 N–H and O–H groups in total. The number of aromatic nitrogens is 3. The Morgan fingerprint density at radius 2 is 1.63 bits per heavy atom. The molecule has 2 aromatic heterocycles. The van der Waals surface area contributed by atoms with Crippen LogP contribution in [0.1, 0.15) is 44.9 Å². The number of hydrogen-bond acceptors (Lipinski definition) is 8. The van der Waals surface area contributed by atoms with E-state index < -0.39 is 0 Å². The Kier molecular flexibility index (Phi) is 7.30. The molecule has 1 aromatic carbocycles. The van der Waals surface area contributed by atoms with Crippen LogP contribution in [0.4, 0.5) is 17.5 Å². The van der Waals surface area contributed by atoms with E-state index in [0.717, 1.165) is 5.56 Å². The van der Waals surface area contributed by atoms with E-state index in [0.29, 0.717) is 53.9 Å². The number of imide groups is 1. The summed E-state index contributed by atoms with van der Waals surface area (Å²) in [5.74, 6) is 1.80. The van der Waals surface area contributed by atoms with Gasteiger partial charge in [0.15, 0.2) is 0 Å². The molecule has 10 heteroatoms. The van der Waals surface area contributed by atoms with Gasteiger partial charge in [-0.1, -0.05) is 12.1 Å². The van der Waals surface area contributed by atoms with Crippen LogP contribution in [0.3, 0.4) is 0 Å². The van der Waals surface area contributed by atoms with Gasteiger partial charge in [-0.3, -0.25) is 19.3 Å². The largest absolute Gasteiger partial charge is 0.368 e. The quantitative estimate of drug-likeness (QED) is 0.303. The van der Waals surface area contributed by atoms with Crippen molar-refractivity contribution >= 4 is 35.2 Å². The van der Waals surface area contributed by atoms with Crippen LogP contribution >= 0.6 is 0 Å². The summed E-state index contributed by atoms with van der Waals surface area (Å²) in [7, 11) is 0. The van der Waals surface area contributed by atoms with E-state index in [-0.39, 0.29) is 30.7 Å². The molecule has 0 radical (unpaired) electrons. The van der Waals surface area contributed by atoms with Gasteiger partial charge in [0.2, 0.25) is 5.91 Å². The summed E-state index contributed by atoms with van der Waals surface area (Å²) in [4.78, 5) is 51.2. The van der Waals surface area contributed by atoms with E-state index in [2.05, 4.69) is 30.9 Å². The zero-order chi connectivity index (χ0) is 24.8. The lowest BCUT2D eigenvalue weighted by molar-refractivity contribution is -0.121. The molecule has 0 saturated carbocycles. The zero-order valence-electron chi connectivity index (χ0n) is 19.7. The number of nitrogens with zero attached hydrogens (tertiary/aromatic N) is 4. The van der Waals surface area contributed by atoms with Crippen LogP contribution < -0.4 is 16.0 Å². The Balaban J connectivity index is 1.18. The predicted molar refractivity (Wildman–Crippen MR) is 132 cm³/mol. The molecule has 4 rings (SSSR count). The fourth-order valence-corrected chi connectivity index (χ4v) is 3.78. The Morgan fingerprint density at radius 3 is 2.34 bits per heavy atom. The second-order valence-corrected chi connectivity index (χ2v) is 8.22. The SMILES string of the molecule is Cc1ccnc(Nc2cc(NCCNC(=O)CCCN3C(=O)c4ccccc4C3=O)nc(C)n2)c1. The maximum absolute atomic E-state index is 12.4. The number of rotatable bonds is 10. The maximum Gasteiger partial charge on any atom is 0.261 e. The molecule has 0 unspecified atom stereocenters. The molecule has 180 valence electrons. The molecule has 3 aromatic rings. The highest BCUT2D eigenvalue weighted by atomic mass is 16.2. The molecule has 1 aliphatic heterocycles. The van der Waals surface area contributed by atoms with Gasteiger partial charge in [-0.2, -0.15) is 0 Å². The summed E-state index contributed by atoms with van der Waals surface area (Å²) >= 11 is 0. The van der Waals surface area contributed by atoms with E-state index in [1.165, 1.54) is 4.90 Å². The summed E-state index contributed by atoms with van der Waals surface area (Å²) in [6.07, 6.45) is 2.35. The van der Waals surface area contributed by atoms with E-state index in [4.69, 9.17) is 0 Å². The minimum absolute atomic E-state index is 0.143. The van der Waals surface area contributed by atoms with Crippen molar-refractivity contribution in [2.45, 2.75) is 26.7 Å². The molecular formula is C25H27N7O3. The lowest BCUT2D eigenvalue weighted by Gasteiger charge is -2.13. The summed E-state index contributed by atoms with van der Waals surface area (Å²) < 4.78 is 0. The van der Waals surface area contributed by atoms with Crippen LogP contribution in [0.5, 0.6) is 0 Å². The van der Waals surface area contributed by atoms with Crippen molar-refractivity contribution < 1.29 is 14.4 Å². The van der Waals surface area contributed by atoms with Gasteiger partial charge in [-0.15, -0.1) is 0 Å².